The number of nitrogens with two attached hydrogens (primary N) is 2. The Bertz CT molecular complexity index is 851. The minimum absolute atomic E-state index is 0.0785. The highest BCUT2D eigenvalue weighted by molar-refractivity contribution is 6.14. The van der Waals surface area contributed by atoms with Gasteiger partial charge in [0.15, 0.2) is 0 Å². The Kier molecular flexibility index (Phi) is 6.15. The molecule has 8 N–H and O–H groups in total. The van der Waals surface area contributed by atoms with Gasteiger partial charge in [-0.1, -0.05) is 6.07 Å². The van der Waals surface area contributed by atoms with E-state index < -0.39 is 11.8 Å². The fourth-order valence-electron chi connectivity index (χ4n) is 1.86. The van der Waals surface area contributed by atoms with Crippen molar-refractivity contribution >= 4 is 47.4 Å². The molecule has 0 saturated carbocycles. The third-order valence-corrected chi connectivity index (χ3v) is 2.94. The Morgan fingerprint density at radius 1 is 1.27 bits per heavy atom. The molecule has 11 heteroatoms. The van der Waals surface area contributed by atoms with Crippen LogP contribution in [0.5, 0.6) is 0 Å². The van der Waals surface area contributed by atoms with Crippen molar-refractivity contribution in [1.82, 2.24) is 9.97 Å². The molecule has 0 saturated heterocycles. The summed E-state index contributed by atoms with van der Waals surface area (Å²) in [7, 11) is 0. The van der Waals surface area contributed by atoms with Gasteiger partial charge in [-0.05, 0) is 18.2 Å². The van der Waals surface area contributed by atoms with Crippen molar-refractivity contribution in [2.24, 2.45) is 16.6 Å². The van der Waals surface area contributed by atoms with E-state index >= 15 is 0 Å². The van der Waals surface area contributed by atoms with Gasteiger partial charge in [0.25, 0.3) is 5.91 Å². The van der Waals surface area contributed by atoms with E-state index in [9.17, 15) is 9.59 Å². The molecule has 0 radical (unpaired) electrons. The highest BCUT2D eigenvalue weighted by Gasteiger charge is 2.13. The summed E-state index contributed by atoms with van der Waals surface area (Å²) in [5.41, 5.74) is 14.5. The maximum atomic E-state index is 11.6. The largest absolute Gasteiger partial charge is 0.368 e. The lowest BCUT2D eigenvalue weighted by atomic mass is 10.2. The van der Waals surface area contributed by atoms with Crippen molar-refractivity contribution in [1.29, 1.82) is 5.41 Å². The summed E-state index contributed by atoms with van der Waals surface area (Å²) in [6.45, 7) is -0.153. The fourth-order valence-corrected chi connectivity index (χ4v) is 1.86. The number of primary amides is 2. The first-order chi connectivity index (χ1) is 12.5. The standard InChI is InChI=1S/C15H17N9O2/c16-4-5-21-24-10-3-1-2-9(6-10)22-14-11(13(18)26)7-19-15(23-14)20-8-12(17)25/h1-7,16,24H,8H2,(H2,17,25)(H2,18,26)(H2,19,20,22,23). The highest BCUT2D eigenvalue weighted by atomic mass is 16.1. The summed E-state index contributed by atoms with van der Waals surface area (Å²) in [4.78, 5) is 30.5. The molecule has 1 aromatic heterocycles. The number of hydrogen-bond donors (Lipinski definition) is 6. The third kappa shape index (κ3) is 5.26. The van der Waals surface area contributed by atoms with Crippen molar-refractivity contribution in [3.63, 3.8) is 0 Å². The molecule has 26 heavy (non-hydrogen) atoms. The molecule has 0 unspecified atom stereocenters. The quantitative estimate of drug-likeness (QED) is 0.275. The van der Waals surface area contributed by atoms with Crippen LogP contribution in [0.1, 0.15) is 10.4 Å². The molecule has 0 fully saturated rings. The van der Waals surface area contributed by atoms with E-state index in [1.807, 2.05) is 0 Å². The van der Waals surface area contributed by atoms with Gasteiger partial charge in [0.05, 0.1) is 18.4 Å². The van der Waals surface area contributed by atoms with E-state index in [2.05, 4.69) is 31.1 Å². The lowest BCUT2D eigenvalue weighted by Gasteiger charge is -2.12. The minimum atomic E-state index is -0.709. The summed E-state index contributed by atoms with van der Waals surface area (Å²) < 4.78 is 0. The van der Waals surface area contributed by atoms with E-state index in [0.717, 1.165) is 6.21 Å². The van der Waals surface area contributed by atoms with Gasteiger partial charge in [-0.15, -0.1) is 0 Å². The molecule has 2 aromatic rings. The average molecular weight is 355 g/mol. The van der Waals surface area contributed by atoms with Crippen LogP contribution in [0.2, 0.25) is 0 Å². The van der Waals surface area contributed by atoms with Gasteiger partial charge in [0.1, 0.15) is 11.4 Å². The summed E-state index contributed by atoms with van der Waals surface area (Å²) in [6.07, 6.45) is 3.57. The zero-order valence-electron chi connectivity index (χ0n) is 13.6. The van der Waals surface area contributed by atoms with Crippen LogP contribution >= 0.6 is 0 Å². The van der Waals surface area contributed by atoms with Gasteiger partial charge in [-0.2, -0.15) is 10.1 Å². The number of benzene rings is 1. The molecular weight excluding hydrogens is 338 g/mol. The zero-order chi connectivity index (χ0) is 18.9. The van der Waals surface area contributed by atoms with E-state index in [1.54, 1.807) is 24.3 Å². The van der Waals surface area contributed by atoms with Gasteiger partial charge < -0.3 is 27.5 Å². The number of hydrazone groups is 1. The smallest absolute Gasteiger partial charge is 0.254 e. The number of carbonyl (C=O) groups is 2. The Morgan fingerprint density at radius 3 is 2.73 bits per heavy atom. The first-order valence-electron chi connectivity index (χ1n) is 7.34. The van der Waals surface area contributed by atoms with E-state index in [-0.39, 0.29) is 23.9 Å². The Balaban J connectivity index is 2.25. The maximum Gasteiger partial charge on any atom is 0.254 e. The summed E-state index contributed by atoms with van der Waals surface area (Å²) in [5, 5.41) is 16.3. The van der Waals surface area contributed by atoms with Crippen LogP contribution in [0, 0.1) is 5.41 Å². The van der Waals surface area contributed by atoms with Crippen molar-refractivity contribution < 1.29 is 9.59 Å². The van der Waals surface area contributed by atoms with Crippen LogP contribution in [-0.2, 0) is 4.79 Å². The van der Waals surface area contributed by atoms with Crippen molar-refractivity contribution in [2.45, 2.75) is 0 Å². The molecule has 0 bridgehead atoms. The average Bonchev–Trinajstić information content (AvgIpc) is 2.60. The van der Waals surface area contributed by atoms with Gasteiger partial charge in [-0.3, -0.25) is 15.0 Å². The van der Waals surface area contributed by atoms with Crippen LogP contribution in [0.4, 0.5) is 23.1 Å². The minimum Gasteiger partial charge on any atom is -0.368 e. The molecule has 0 aliphatic carbocycles. The normalized spacial score (nSPS) is 10.3. The number of rotatable bonds is 9. The molecule has 0 spiro atoms. The molecular formula is C15H17N9O2. The van der Waals surface area contributed by atoms with Crippen LogP contribution in [-0.4, -0.2) is 40.8 Å². The molecule has 0 aliphatic rings. The number of nitrogens with zero attached hydrogens (tertiary/aromatic N) is 3. The maximum absolute atomic E-state index is 11.6. The summed E-state index contributed by atoms with van der Waals surface area (Å²) in [6, 6.07) is 6.98. The van der Waals surface area contributed by atoms with Gasteiger partial charge >= 0.3 is 0 Å². The van der Waals surface area contributed by atoms with Gasteiger partial charge in [-0.25, -0.2) is 4.98 Å². The third-order valence-electron chi connectivity index (χ3n) is 2.94. The van der Waals surface area contributed by atoms with Crippen LogP contribution in [0.25, 0.3) is 0 Å². The first kappa shape index (κ1) is 18.3. The molecule has 11 nitrogen and oxygen atoms in total. The number of aromatic nitrogens is 2. The molecule has 134 valence electrons. The summed E-state index contributed by atoms with van der Waals surface area (Å²) >= 11 is 0. The Labute approximate surface area is 148 Å². The molecule has 1 heterocycles. The molecule has 1 aromatic carbocycles. The van der Waals surface area contributed by atoms with Crippen molar-refractivity contribution in [2.75, 3.05) is 22.6 Å². The number of anilines is 4. The predicted octanol–water partition coefficient (Wildman–Crippen LogP) is 0.264. The lowest BCUT2D eigenvalue weighted by Crippen LogP contribution is -2.23. The van der Waals surface area contributed by atoms with Crippen molar-refractivity contribution in [3.8, 4) is 0 Å². The van der Waals surface area contributed by atoms with Crippen LogP contribution < -0.4 is 27.5 Å². The topological polar surface area (TPSA) is 184 Å². The number of amides is 2. The van der Waals surface area contributed by atoms with Crippen LogP contribution in [0.15, 0.2) is 35.6 Å². The monoisotopic (exact) mass is 355 g/mol. The molecule has 2 amide bonds. The molecule has 0 atom stereocenters. The van der Waals surface area contributed by atoms with Crippen LogP contribution in [0.3, 0.4) is 0 Å². The fraction of sp³-hybridized carbons (Fsp3) is 0.0667. The second-order valence-electron chi connectivity index (χ2n) is 4.90. The molecule has 0 aliphatic heterocycles. The molecule has 2 rings (SSSR count). The van der Waals surface area contributed by atoms with Gasteiger partial charge in [0, 0.05) is 18.1 Å². The summed E-state index contributed by atoms with van der Waals surface area (Å²) in [5.74, 6) is -1.01. The zero-order valence-corrected chi connectivity index (χ0v) is 13.6. The second kappa shape index (κ2) is 8.73. The lowest BCUT2D eigenvalue weighted by molar-refractivity contribution is -0.116. The Hall–Kier alpha value is -4.02. The number of hydrogen-bond acceptors (Lipinski definition) is 9. The van der Waals surface area contributed by atoms with E-state index in [1.165, 1.54) is 12.4 Å². The number of carbonyl (C=O) groups excluding carboxylic acids is 2. The van der Waals surface area contributed by atoms with E-state index in [4.69, 9.17) is 16.9 Å². The number of nitrogens with one attached hydrogen (secondary N) is 4. The highest BCUT2D eigenvalue weighted by Crippen LogP contribution is 2.22. The van der Waals surface area contributed by atoms with E-state index in [0.29, 0.717) is 11.4 Å². The second-order valence-corrected chi connectivity index (χ2v) is 4.90. The van der Waals surface area contributed by atoms with Gasteiger partial charge in [0.2, 0.25) is 11.9 Å². The van der Waals surface area contributed by atoms with Crippen molar-refractivity contribution in [3.05, 3.63) is 36.0 Å². The SMILES string of the molecule is N=CC=NNc1cccc(Nc2nc(NCC(N)=O)ncc2C(N)=O)c1. The predicted molar refractivity (Wildman–Crippen MR) is 98.9 cm³/mol. The first-order valence-corrected chi connectivity index (χ1v) is 7.34. The Morgan fingerprint density at radius 2 is 2.04 bits per heavy atom.